The molecule has 0 aliphatic carbocycles. The van der Waals surface area contributed by atoms with Crippen molar-refractivity contribution in [2.75, 3.05) is 39.5 Å². The molecule has 1 aliphatic heterocycles. The molecule has 1 aromatic heterocycles. The van der Waals surface area contributed by atoms with Crippen LogP contribution in [0.5, 0.6) is 5.75 Å². The molecule has 0 spiro atoms. The van der Waals surface area contributed by atoms with E-state index >= 15 is 0 Å². The van der Waals surface area contributed by atoms with Gasteiger partial charge in [0.05, 0.1) is 19.3 Å². The highest BCUT2D eigenvalue weighted by molar-refractivity contribution is 5.77. The van der Waals surface area contributed by atoms with Gasteiger partial charge in [-0.2, -0.15) is 0 Å². The van der Waals surface area contributed by atoms with E-state index in [1.54, 1.807) is 0 Å². The zero-order valence-electron chi connectivity index (χ0n) is 15.4. The molecule has 6 heteroatoms. The maximum Gasteiger partial charge on any atom is 0.258 e. The van der Waals surface area contributed by atoms with Crippen LogP contribution < -0.4 is 10.1 Å². The molecule has 1 amide bonds. The molecule has 0 bridgehead atoms. The Morgan fingerprint density at radius 1 is 1.15 bits per heavy atom. The second-order valence-electron chi connectivity index (χ2n) is 6.52. The zero-order valence-corrected chi connectivity index (χ0v) is 15.4. The summed E-state index contributed by atoms with van der Waals surface area (Å²) in [5.74, 6) is 2.28. The van der Waals surface area contributed by atoms with Crippen molar-refractivity contribution in [1.29, 1.82) is 0 Å². The lowest BCUT2D eigenvalue weighted by Gasteiger charge is -2.33. The minimum atomic E-state index is -0.146. The SMILES string of the molecule is Cc1ccc(OCC(=O)NCC(c2ccc(C)o2)N2CCOCC2)cc1. The molecule has 1 saturated heterocycles. The summed E-state index contributed by atoms with van der Waals surface area (Å²) in [5, 5.41) is 2.96. The molecule has 1 unspecified atom stereocenters. The summed E-state index contributed by atoms with van der Waals surface area (Å²) in [4.78, 5) is 14.5. The van der Waals surface area contributed by atoms with Gasteiger partial charge >= 0.3 is 0 Å². The van der Waals surface area contributed by atoms with E-state index in [4.69, 9.17) is 13.9 Å². The number of morpholine rings is 1. The maximum absolute atomic E-state index is 12.2. The third-order valence-electron chi connectivity index (χ3n) is 4.46. The molecule has 1 aromatic carbocycles. The fraction of sp³-hybridized carbons (Fsp3) is 0.450. The molecule has 1 aliphatic rings. The first-order valence-corrected chi connectivity index (χ1v) is 8.96. The zero-order chi connectivity index (χ0) is 18.4. The highest BCUT2D eigenvalue weighted by Gasteiger charge is 2.25. The summed E-state index contributed by atoms with van der Waals surface area (Å²) >= 11 is 0. The topological polar surface area (TPSA) is 63.9 Å². The van der Waals surface area contributed by atoms with Crippen LogP contribution in [0.25, 0.3) is 0 Å². The predicted octanol–water partition coefficient (Wildman–Crippen LogP) is 2.46. The largest absolute Gasteiger partial charge is 0.484 e. The first kappa shape index (κ1) is 18.5. The lowest BCUT2D eigenvalue weighted by molar-refractivity contribution is -0.123. The number of nitrogens with one attached hydrogen (secondary N) is 1. The molecule has 6 nitrogen and oxygen atoms in total. The number of aryl methyl sites for hydroxylation is 2. The quantitative estimate of drug-likeness (QED) is 0.824. The molecule has 2 heterocycles. The van der Waals surface area contributed by atoms with Gasteiger partial charge in [0, 0.05) is 19.6 Å². The van der Waals surface area contributed by atoms with Crippen LogP contribution in [-0.2, 0) is 9.53 Å². The second kappa shape index (κ2) is 8.87. The number of benzene rings is 1. The van der Waals surface area contributed by atoms with E-state index in [0.29, 0.717) is 25.5 Å². The van der Waals surface area contributed by atoms with E-state index in [2.05, 4.69) is 10.2 Å². The van der Waals surface area contributed by atoms with Crippen molar-refractivity contribution in [3.05, 3.63) is 53.5 Å². The van der Waals surface area contributed by atoms with Crippen molar-refractivity contribution in [3.8, 4) is 5.75 Å². The van der Waals surface area contributed by atoms with Crippen LogP contribution in [-0.4, -0.2) is 50.3 Å². The van der Waals surface area contributed by atoms with Crippen molar-refractivity contribution < 1.29 is 18.7 Å². The Balaban J connectivity index is 1.54. The van der Waals surface area contributed by atoms with Gasteiger partial charge in [-0.3, -0.25) is 9.69 Å². The van der Waals surface area contributed by atoms with Crippen molar-refractivity contribution in [3.63, 3.8) is 0 Å². The summed E-state index contributed by atoms with van der Waals surface area (Å²) in [6.07, 6.45) is 0. The van der Waals surface area contributed by atoms with Crippen molar-refractivity contribution >= 4 is 5.91 Å². The van der Waals surface area contributed by atoms with E-state index in [-0.39, 0.29) is 18.6 Å². The van der Waals surface area contributed by atoms with E-state index in [0.717, 1.165) is 30.2 Å². The van der Waals surface area contributed by atoms with Gasteiger partial charge < -0.3 is 19.2 Å². The minimum Gasteiger partial charge on any atom is -0.484 e. The summed E-state index contributed by atoms with van der Waals surface area (Å²) in [6.45, 7) is 7.44. The van der Waals surface area contributed by atoms with Crippen LogP contribution >= 0.6 is 0 Å². The Labute approximate surface area is 154 Å². The van der Waals surface area contributed by atoms with Crippen LogP contribution in [0.3, 0.4) is 0 Å². The molecular formula is C20H26N2O4. The van der Waals surface area contributed by atoms with E-state index < -0.39 is 0 Å². The van der Waals surface area contributed by atoms with Gasteiger partial charge in [-0.05, 0) is 38.1 Å². The summed E-state index contributed by atoms with van der Waals surface area (Å²) in [6, 6.07) is 11.6. The van der Waals surface area contributed by atoms with Gasteiger partial charge in [0.15, 0.2) is 6.61 Å². The Morgan fingerprint density at radius 3 is 2.54 bits per heavy atom. The predicted molar refractivity (Wildman–Crippen MR) is 98.3 cm³/mol. The van der Waals surface area contributed by atoms with Gasteiger partial charge in [-0.1, -0.05) is 17.7 Å². The van der Waals surface area contributed by atoms with E-state index in [1.807, 2.05) is 50.2 Å². The molecular weight excluding hydrogens is 332 g/mol. The molecule has 0 saturated carbocycles. The fourth-order valence-corrected chi connectivity index (χ4v) is 2.98. The fourth-order valence-electron chi connectivity index (χ4n) is 2.98. The molecule has 3 rings (SSSR count). The molecule has 1 atom stereocenters. The number of rotatable bonds is 7. The molecule has 0 radical (unpaired) electrons. The Morgan fingerprint density at radius 2 is 1.88 bits per heavy atom. The Bertz CT molecular complexity index is 705. The van der Waals surface area contributed by atoms with Crippen LogP contribution in [0.4, 0.5) is 0 Å². The number of hydrogen-bond donors (Lipinski definition) is 1. The van der Waals surface area contributed by atoms with Crippen LogP contribution in [0.2, 0.25) is 0 Å². The number of nitrogens with zero attached hydrogens (tertiary/aromatic N) is 1. The summed E-state index contributed by atoms with van der Waals surface area (Å²) in [7, 11) is 0. The van der Waals surface area contributed by atoms with Gasteiger partial charge in [0.25, 0.3) is 5.91 Å². The first-order valence-electron chi connectivity index (χ1n) is 8.96. The van der Waals surface area contributed by atoms with Crippen molar-refractivity contribution in [2.45, 2.75) is 19.9 Å². The Hall–Kier alpha value is -2.31. The number of carbonyl (C=O) groups is 1. The molecule has 2 aromatic rings. The molecule has 26 heavy (non-hydrogen) atoms. The highest BCUT2D eigenvalue weighted by Crippen LogP contribution is 2.23. The van der Waals surface area contributed by atoms with Crippen LogP contribution in [0.1, 0.15) is 23.1 Å². The maximum atomic E-state index is 12.2. The van der Waals surface area contributed by atoms with Crippen molar-refractivity contribution in [2.24, 2.45) is 0 Å². The summed E-state index contributed by atoms with van der Waals surface area (Å²) < 4.78 is 16.8. The number of furan rings is 1. The molecule has 1 fully saturated rings. The third-order valence-corrected chi connectivity index (χ3v) is 4.46. The van der Waals surface area contributed by atoms with Gasteiger partial charge in [0.1, 0.15) is 17.3 Å². The molecule has 1 N–H and O–H groups in total. The average Bonchev–Trinajstić information content (AvgIpc) is 3.08. The Kier molecular flexibility index (Phi) is 6.30. The minimum absolute atomic E-state index is 0.00377. The first-order chi connectivity index (χ1) is 12.6. The number of ether oxygens (including phenoxy) is 2. The lowest BCUT2D eigenvalue weighted by Crippen LogP contribution is -2.44. The lowest BCUT2D eigenvalue weighted by atomic mass is 10.1. The number of carbonyl (C=O) groups excluding carboxylic acids is 1. The monoisotopic (exact) mass is 358 g/mol. The van der Waals surface area contributed by atoms with Gasteiger partial charge in [-0.15, -0.1) is 0 Å². The standard InChI is InChI=1S/C20H26N2O4/c1-15-3-6-17(7-4-15)25-14-20(23)21-13-18(19-8-5-16(2)26-19)22-9-11-24-12-10-22/h3-8,18H,9-14H2,1-2H3,(H,21,23). The number of hydrogen-bond acceptors (Lipinski definition) is 5. The van der Waals surface area contributed by atoms with Gasteiger partial charge in [-0.25, -0.2) is 0 Å². The molecule has 140 valence electrons. The second-order valence-corrected chi connectivity index (χ2v) is 6.52. The average molecular weight is 358 g/mol. The van der Waals surface area contributed by atoms with Crippen molar-refractivity contribution in [1.82, 2.24) is 10.2 Å². The van der Waals surface area contributed by atoms with Gasteiger partial charge in [0.2, 0.25) is 0 Å². The number of amides is 1. The highest BCUT2D eigenvalue weighted by atomic mass is 16.5. The van der Waals surface area contributed by atoms with E-state index in [9.17, 15) is 4.79 Å². The van der Waals surface area contributed by atoms with Crippen LogP contribution in [0, 0.1) is 13.8 Å². The van der Waals surface area contributed by atoms with Crippen LogP contribution in [0.15, 0.2) is 40.8 Å². The third kappa shape index (κ3) is 5.09. The normalized spacial score (nSPS) is 16.2. The van der Waals surface area contributed by atoms with E-state index in [1.165, 1.54) is 0 Å². The summed E-state index contributed by atoms with van der Waals surface area (Å²) in [5.41, 5.74) is 1.16. The smallest absolute Gasteiger partial charge is 0.258 e.